The van der Waals surface area contributed by atoms with Crippen LogP contribution in [-0.2, 0) is 15.3 Å². The Balaban J connectivity index is 1.29. The Bertz CT molecular complexity index is 1440. The van der Waals surface area contributed by atoms with Crippen LogP contribution in [0.2, 0.25) is 0 Å². The molecule has 8 nitrogen and oxygen atoms in total. The topological polar surface area (TPSA) is 84.9 Å². The molecular weight excluding hydrogens is 484 g/mol. The van der Waals surface area contributed by atoms with Crippen molar-refractivity contribution in [3.63, 3.8) is 0 Å². The highest BCUT2D eigenvalue weighted by Gasteiger charge is 2.27. The van der Waals surface area contributed by atoms with Gasteiger partial charge in [-0.3, -0.25) is 4.90 Å². The third kappa shape index (κ3) is 5.43. The zero-order valence-electron chi connectivity index (χ0n) is 22.3. The van der Waals surface area contributed by atoms with Crippen LogP contribution in [0, 0.1) is 0 Å². The van der Waals surface area contributed by atoms with Crippen molar-refractivity contribution in [3.8, 4) is 11.4 Å². The molecule has 1 atom stereocenters. The number of benzene rings is 2. The minimum atomic E-state index is -3.29. The molecule has 0 bridgehead atoms. The lowest BCUT2D eigenvalue weighted by atomic mass is 9.87. The van der Waals surface area contributed by atoms with Gasteiger partial charge in [-0.15, -0.1) is 0 Å². The number of hydrogen-bond donors (Lipinski definition) is 1. The number of fused-ring (bicyclic) bond motifs is 1. The molecule has 1 fully saturated rings. The van der Waals surface area contributed by atoms with Crippen molar-refractivity contribution in [2.45, 2.75) is 31.7 Å². The van der Waals surface area contributed by atoms with Gasteiger partial charge in [0.15, 0.2) is 9.84 Å². The van der Waals surface area contributed by atoms with Crippen LogP contribution in [0.25, 0.3) is 22.4 Å². The minimum absolute atomic E-state index is 0.118. The average molecular weight is 521 g/mol. The normalized spacial score (nSPS) is 19.5. The zero-order chi connectivity index (χ0) is 26.4. The van der Waals surface area contributed by atoms with Crippen LogP contribution >= 0.6 is 0 Å². The third-order valence-electron chi connectivity index (χ3n) is 7.12. The highest BCUT2D eigenvalue weighted by atomic mass is 32.2. The molecule has 9 heteroatoms. The van der Waals surface area contributed by atoms with Crippen LogP contribution < -0.4 is 4.90 Å². The van der Waals surface area contributed by atoms with E-state index in [1.54, 1.807) is 18.1 Å². The summed E-state index contributed by atoms with van der Waals surface area (Å²) in [6.45, 7) is 10.8. The van der Waals surface area contributed by atoms with E-state index >= 15 is 0 Å². The molecule has 0 radical (unpaired) electrons. The van der Waals surface area contributed by atoms with Gasteiger partial charge in [0.2, 0.25) is 5.50 Å². The maximum absolute atomic E-state index is 12.1. The first kappa shape index (κ1) is 25.5. The van der Waals surface area contributed by atoms with E-state index in [1.807, 2.05) is 6.08 Å². The Morgan fingerprint density at radius 1 is 1.03 bits per heavy atom. The standard InChI is InChI=1S/C28H36N6O2S/c1-28(2,3)21-11-9-20(10-12-21)26-30-23-7-6-8-24(25(23)31-26)34-17-15-33(16-18-34)19-22-13-14-32(4)27(29-22)37(5,35)36/h6-14,27H,15-19H2,1-5H3,(H,30,31). The number of imidazole rings is 1. The summed E-state index contributed by atoms with van der Waals surface area (Å²) < 4.78 is 24.2. The first-order chi connectivity index (χ1) is 17.5. The number of rotatable bonds is 5. The quantitative estimate of drug-likeness (QED) is 0.550. The molecule has 1 aromatic heterocycles. The number of aromatic amines is 1. The fourth-order valence-corrected chi connectivity index (χ4v) is 5.96. The van der Waals surface area contributed by atoms with E-state index in [4.69, 9.17) is 4.98 Å². The first-order valence-corrected chi connectivity index (χ1v) is 14.7. The maximum Gasteiger partial charge on any atom is 0.223 e. The molecule has 1 unspecified atom stereocenters. The Morgan fingerprint density at radius 2 is 1.73 bits per heavy atom. The summed E-state index contributed by atoms with van der Waals surface area (Å²) in [5.74, 6) is 0.883. The van der Waals surface area contributed by atoms with E-state index in [0.29, 0.717) is 6.54 Å². The molecule has 0 saturated carbocycles. The second kappa shape index (κ2) is 9.61. The molecule has 2 aromatic carbocycles. The van der Waals surface area contributed by atoms with E-state index in [9.17, 15) is 8.42 Å². The van der Waals surface area contributed by atoms with Crippen molar-refractivity contribution in [1.82, 2.24) is 19.8 Å². The number of nitrogens with one attached hydrogen (secondary N) is 1. The number of nitrogens with zero attached hydrogens (tertiary/aromatic N) is 5. The van der Waals surface area contributed by atoms with Crippen molar-refractivity contribution in [3.05, 3.63) is 60.3 Å². The number of anilines is 1. The van der Waals surface area contributed by atoms with Gasteiger partial charge >= 0.3 is 0 Å². The monoisotopic (exact) mass is 520 g/mol. The molecule has 3 aromatic rings. The van der Waals surface area contributed by atoms with Crippen LogP contribution in [0.5, 0.6) is 0 Å². The Hall–Kier alpha value is -3.17. The summed E-state index contributed by atoms with van der Waals surface area (Å²) >= 11 is 0. The molecule has 1 saturated heterocycles. The molecule has 37 heavy (non-hydrogen) atoms. The predicted octanol–water partition coefficient (Wildman–Crippen LogP) is 3.88. The molecule has 0 spiro atoms. The largest absolute Gasteiger partial charge is 0.367 e. The lowest BCUT2D eigenvalue weighted by Gasteiger charge is -2.36. The summed E-state index contributed by atoms with van der Waals surface area (Å²) in [6, 6.07) is 15.0. The molecule has 5 rings (SSSR count). The fourth-order valence-electron chi connectivity index (χ4n) is 4.96. The molecule has 1 N–H and O–H groups in total. The summed E-state index contributed by atoms with van der Waals surface area (Å²) in [6.07, 6.45) is 4.94. The highest BCUT2D eigenvalue weighted by molar-refractivity contribution is 7.91. The van der Waals surface area contributed by atoms with Gasteiger partial charge in [-0.2, -0.15) is 0 Å². The van der Waals surface area contributed by atoms with E-state index in [2.05, 4.69) is 83.0 Å². The van der Waals surface area contributed by atoms with Gasteiger partial charge in [-0.1, -0.05) is 51.1 Å². The van der Waals surface area contributed by atoms with Crippen LogP contribution in [0.15, 0.2) is 59.7 Å². The fraction of sp³-hybridized carbons (Fsp3) is 0.429. The zero-order valence-corrected chi connectivity index (χ0v) is 23.1. The van der Waals surface area contributed by atoms with E-state index < -0.39 is 15.3 Å². The van der Waals surface area contributed by atoms with Gasteiger partial charge in [0.1, 0.15) is 11.3 Å². The Morgan fingerprint density at radius 3 is 2.38 bits per heavy atom. The number of sulfone groups is 1. The van der Waals surface area contributed by atoms with E-state index in [-0.39, 0.29) is 5.41 Å². The van der Waals surface area contributed by atoms with Crippen molar-refractivity contribution in [2.75, 3.05) is 50.9 Å². The lowest BCUT2D eigenvalue weighted by Crippen LogP contribution is -2.48. The van der Waals surface area contributed by atoms with Crippen molar-refractivity contribution in [2.24, 2.45) is 4.99 Å². The van der Waals surface area contributed by atoms with Crippen molar-refractivity contribution in [1.29, 1.82) is 0 Å². The smallest absolute Gasteiger partial charge is 0.223 e. The molecular formula is C28H36N6O2S. The summed E-state index contributed by atoms with van der Waals surface area (Å²) in [7, 11) is -1.55. The number of piperazine rings is 1. The molecule has 0 aliphatic carbocycles. The van der Waals surface area contributed by atoms with Gasteiger partial charge in [0.05, 0.1) is 16.9 Å². The SMILES string of the molecule is CN1C=CC(CN2CCN(c3cccc4[nH]c(-c5ccc(C(C)(C)C)cc5)nc34)CC2)=NC1S(C)(=O)=O. The van der Waals surface area contributed by atoms with Gasteiger partial charge in [-0.25, -0.2) is 18.4 Å². The molecule has 2 aliphatic heterocycles. The molecule has 0 amide bonds. The van der Waals surface area contributed by atoms with Crippen LogP contribution in [0.4, 0.5) is 5.69 Å². The Kier molecular flexibility index (Phi) is 6.62. The van der Waals surface area contributed by atoms with E-state index in [0.717, 1.165) is 60.0 Å². The van der Waals surface area contributed by atoms with Crippen LogP contribution in [-0.4, -0.2) is 85.4 Å². The minimum Gasteiger partial charge on any atom is -0.367 e. The molecule has 196 valence electrons. The highest BCUT2D eigenvalue weighted by Crippen LogP contribution is 2.30. The number of H-pyrrole nitrogens is 1. The van der Waals surface area contributed by atoms with Crippen LogP contribution in [0.3, 0.4) is 0 Å². The van der Waals surface area contributed by atoms with Crippen molar-refractivity contribution >= 4 is 32.3 Å². The average Bonchev–Trinajstić information content (AvgIpc) is 3.29. The number of hydrogen-bond acceptors (Lipinski definition) is 7. The molecule has 2 aliphatic rings. The lowest BCUT2D eigenvalue weighted by molar-refractivity contribution is 0.290. The van der Waals surface area contributed by atoms with Gasteiger partial charge in [0, 0.05) is 57.8 Å². The van der Waals surface area contributed by atoms with Crippen LogP contribution in [0.1, 0.15) is 26.3 Å². The second-order valence-electron chi connectivity index (χ2n) is 11.1. The second-order valence-corrected chi connectivity index (χ2v) is 13.2. The van der Waals surface area contributed by atoms with Gasteiger partial charge < -0.3 is 14.8 Å². The number of aromatic nitrogens is 2. The van der Waals surface area contributed by atoms with E-state index in [1.165, 1.54) is 11.8 Å². The summed E-state index contributed by atoms with van der Waals surface area (Å²) in [5, 5.41) is 0. The number of para-hydroxylation sites is 1. The predicted molar refractivity (Wildman–Crippen MR) is 152 cm³/mol. The van der Waals surface area contributed by atoms with Crippen molar-refractivity contribution < 1.29 is 8.42 Å². The van der Waals surface area contributed by atoms with Gasteiger partial charge in [0.25, 0.3) is 0 Å². The summed E-state index contributed by atoms with van der Waals surface area (Å²) in [4.78, 5) is 19.4. The van der Waals surface area contributed by atoms with Gasteiger partial charge in [-0.05, 0) is 29.2 Å². The number of aliphatic imine (C=N–C) groups is 1. The first-order valence-electron chi connectivity index (χ1n) is 12.7. The maximum atomic E-state index is 12.1. The third-order valence-corrected chi connectivity index (χ3v) is 8.33. The summed E-state index contributed by atoms with van der Waals surface area (Å²) in [5.41, 5.74) is 5.63. The Labute approximate surface area is 219 Å². The molecule has 3 heterocycles.